The molecule has 0 radical (unpaired) electrons. The van der Waals surface area contributed by atoms with Gasteiger partial charge >= 0.3 is 0 Å². The molecule has 6 heteroatoms. The summed E-state index contributed by atoms with van der Waals surface area (Å²) in [5.41, 5.74) is 2.14. The fourth-order valence-corrected chi connectivity index (χ4v) is 2.67. The van der Waals surface area contributed by atoms with E-state index in [1.165, 1.54) is 0 Å². The van der Waals surface area contributed by atoms with Crippen LogP contribution >= 0.6 is 0 Å². The SMILES string of the molecule is COc1cccc(NC(=O)CCCNC(=O)c2cc3ccccc3[nH]2)c1. The molecule has 0 aliphatic rings. The number of hydrogen-bond acceptors (Lipinski definition) is 3. The number of fused-ring (bicyclic) bond motifs is 1. The van der Waals surface area contributed by atoms with Gasteiger partial charge in [-0.3, -0.25) is 9.59 Å². The Kier molecular flexibility index (Phi) is 5.53. The van der Waals surface area contributed by atoms with E-state index in [1.807, 2.05) is 42.5 Å². The van der Waals surface area contributed by atoms with Gasteiger partial charge in [0.1, 0.15) is 11.4 Å². The number of para-hydroxylation sites is 1. The number of methoxy groups -OCH3 is 1. The van der Waals surface area contributed by atoms with Crippen LogP contribution in [0.25, 0.3) is 10.9 Å². The number of aromatic nitrogens is 1. The number of aromatic amines is 1. The maximum absolute atomic E-state index is 12.2. The molecule has 134 valence electrons. The van der Waals surface area contributed by atoms with Crippen molar-refractivity contribution in [3.8, 4) is 5.75 Å². The second-order valence-corrected chi connectivity index (χ2v) is 5.91. The van der Waals surface area contributed by atoms with Gasteiger partial charge in [0.2, 0.25) is 5.91 Å². The Morgan fingerprint density at radius 2 is 1.92 bits per heavy atom. The van der Waals surface area contributed by atoms with Crippen molar-refractivity contribution in [3.63, 3.8) is 0 Å². The molecule has 1 heterocycles. The normalized spacial score (nSPS) is 10.5. The summed E-state index contributed by atoms with van der Waals surface area (Å²) in [7, 11) is 1.58. The van der Waals surface area contributed by atoms with Gasteiger partial charge in [0.25, 0.3) is 5.91 Å². The standard InChI is InChI=1S/C20H21N3O3/c1-26-16-8-4-7-15(13-16)22-19(24)10-5-11-21-20(25)18-12-14-6-2-3-9-17(14)23-18/h2-4,6-9,12-13,23H,5,10-11H2,1H3,(H,21,25)(H,22,24). The number of rotatable bonds is 7. The molecule has 0 unspecified atom stereocenters. The van der Waals surface area contributed by atoms with Crippen LogP contribution in [0, 0.1) is 0 Å². The average Bonchev–Trinajstić information content (AvgIpc) is 3.09. The fourth-order valence-electron chi connectivity index (χ4n) is 2.67. The summed E-state index contributed by atoms with van der Waals surface area (Å²) >= 11 is 0. The Morgan fingerprint density at radius 3 is 2.73 bits per heavy atom. The molecular weight excluding hydrogens is 330 g/mol. The molecule has 0 atom stereocenters. The molecule has 0 fully saturated rings. The molecule has 6 nitrogen and oxygen atoms in total. The third-order valence-electron chi connectivity index (χ3n) is 3.99. The number of carbonyl (C=O) groups excluding carboxylic acids is 2. The maximum atomic E-state index is 12.2. The maximum Gasteiger partial charge on any atom is 0.267 e. The molecule has 0 spiro atoms. The minimum atomic E-state index is -0.172. The van der Waals surface area contributed by atoms with Crippen LogP contribution in [0.2, 0.25) is 0 Å². The van der Waals surface area contributed by atoms with E-state index in [1.54, 1.807) is 19.2 Å². The Morgan fingerprint density at radius 1 is 1.08 bits per heavy atom. The predicted octanol–water partition coefficient (Wildman–Crippen LogP) is 3.33. The topological polar surface area (TPSA) is 83.2 Å². The lowest BCUT2D eigenvalue weighted by atomic mass is 10.2. The molecule has 0 aliphatic heterocycles. The quantitative estimate of drug-likeness (QED) is 0.571. The van der Waals surface area contributed by atoms with Crippen LogP contribution in [0.5, 0.6) is 5.75 Å². The summed E-state index contributed by atoms with van der Waals surface area (Å²) in [6.07, 6.45) is 0.881. The van der Waals surface area contributed by atoms with Crippen LogP contribution in [0.15, 0.2) is 54.6 Å². The van der Waals surface area contributed by atoms with Crippen molar-refractivity contribution < 1.29 is 14.3 Å². The molecular formula is C20H21N3O3. The zero-order chi connectivity index (χ0) is 18.4. The number of benzene rings is 2. The molecule has 26 heavy (non-hydrogen) atoms. The first-order valence-corrected chi connectivity index (χ1v) is 8.45. The number of amides is 2. The summed E-state index contributed by atoms with van der Waals surface area (Å²) < 4.78 is 5.12. The lowest BCUT2D eigenvalue weighted by Gasteiger charge is -2.07. The summed E-state index contributed by atoms with van der Waals surface area (Å²) in [6, 6.07) is 16.7. The van der Waals surface area contributed by atoms with Gasteiger partial charge in [0.05, 0.1) is 7.11 Å². The lowest BCUT2D eigenvalue weighted by molar-refractivity contribution is -0.116. The van der Waals surface area contributed by atoms with E-state index in [4.69, 9.17) is 4.74 Å². The van der Waals surface area contributed by atoms with Gasteiger partial charge in [-0.15, -0.1) is 0 Å². The van der Waals surface area contributed by atoms with Crippen molar-refractivity contribution in [1.29, 1.82) is 0 Å². The van der Waals surface area contributed by atoms with Crippen molar-refractivity contribution in [2.45, 2.75) is 12.8 Å². The number of nitrogens with one attached hydrogen (secondary N) is 3. The monoisotopic (exact) mass is 351 g/mol. The molecule has 0 saturated heterocycles. The van der Waals surface area contributed by atoms with Crippen LogP contribution in [0.1, 0.15) is 23.3 Å². The highest BCUT2D eigenvalue weighted by atomic mass is 16.5. The number of anilines is 1. The number of ether oxygens (including phenoxy) is 1. The van der Waals surface area contributed by atoms with Crippen molar-refractivity contribution in [3.05, 3.63) is 60.3 Å². The van der Waals surface area contributed by atoms with Crippen LogP contribution in [-0.2, 0) is 4.79 Å². The highest BCUT2D eigenvalue weighted by Gasteiger charge is 2.09. The summed E-state index contributed by atoms with van der Waals surface area (Å²) in [4.78, 5) is 27.2. The second kappa shape index (κ2) is 8.20. The molecule has 0 saturated carbocycles. The summed E-state index contributed by atoms with van der Waals surface area (Å²) in [5.74, 6) is 0.418. The van der Waals surface area contributed by atoms with Crippen molar-refractivity contribution >= 4 is 28.4 Å². The third kappa shape index (κ3) is 4.42. The van der Waals surface area contributed by atoms with Gasteiger partial charge in [0.15, 0.2) is 0 Å². The highest BCUT2D eigenvalue weighted by molar-refractivity contribution is 5.98. The highest BCUT2D eigenvalue weighted by Crippen LogP contribution is 2.17. The number of carbonyl (C=O) groups is 2. The summed E-state index contributed by atoms with van der Waals surface area (Å²) in [5, 5.41) is 6.64. The smallest absolute Gasteiger partial charge is 0.267 e. The first-order chi connectivity index (χ1) is 12.7. The zero-order valence-corrected chi connectivity index (χ0v) is 14.5. The molecule has 2 aromatic carbocycles. The lowest BCUT2D eigenvalue weighted by Crippen LogP contribution is -2.25. The number of H-pyrrole nitrogens is 1. The Bertz CT molecular complexity index is 884. The molecule has 3 aromatic rings. The van der Waals surface area contributed by atoms with E-state index in [-0.39, 0.29) is 11.8 Å². The Balaban J connectivity index is 1.43. The van der Waals surface area contributed by atoms with E-state index < -0.39 is 0 Å². The van der Waals surface area contributed by atoms with Crippen molar-refractivity contribution in [2.75, 3.05) is 19.0 Å². The van der Waals surface area contributed by atoms with Gasteiger partial charge in [-0.05, 0) is 30.7 Å². The van der Waals surface area contributed by atoms with Gasteiger partial charge in [0, 0.05) is 35.6 Å². The van der Waals surface area contributed by atoms with Crippen LogP contribution < -0.4 is 15.4 Å². The fraction of sp³-hybridized carbons (Fsp3) is 0.200. The molecule has 0 bridgehead atoms. The van der Waals surface area contributed by atoms with E-state index >= 15 is 0 Å². The van der Waals surface area contributed by atoms with E-state index in [0.29, 0.717) is 36.5 Å². The Labute approximate surface area is 151 Å². The molecule has 0 aliphatic carbocycles. The zero-order valence-electron chi connectivity index (χ0n) is 14.5. The minimum Gasteiger partial charge on any atom is -0.497 e. The van der Waals surface area contributed by atoms with Gasteiger partial charge in [-0.2, -0.15) is 0 Å². The predicted molar refractivity (Wildman–Crippen MR) is 101 cm³/mol. The van der Waals surface area contributed by atoms with Crippen LogP contribution in [-0.4, -0.2) is 30.5 Å². The van der Waals surface area contributed by atoms with E-state index in [0.717, 1.165) is 10.9 Å². The van der Waals surface area contributed by atoms with Crippen molar-refractivity contribution in [2.24, 2.45) is 0 Å². The minimum absolute atomic E-state index is 0.0990. The first kappa shape index (κ1) is 17.5. The summed E-state index contributed by atoms with van der Waals surface area (Å²) in [6.45, 7) is 0.430. The van der Waals surface area contributed by atoms with Gasteiger partial charge < -0.3 is 20.4 Å². The molecule has 2 amide bonds. The molecule has 3 N–H and O–H groups in total. The Hall–Kier alpha value is -3.28. The average molecular weight is 351 g/mol. The van der Waals surface area contributed by atoms with Gasteiger partial charge in [-0.25, -0.2) is 0 Å². The molecule has 1 aromatic heterocycles. The third-order valence-corrected chi connectivity index (χ3v) is 3.99. The van der Waals surface area contributed by atoms with Gasteiger partial charge in [-0.1, -0.05) is 24.3 Å². The second-order valence-electron chi connectivity index (χ2n) is 5.91. The number of hydrogen-bond donors (Lipinski definition) is 3. The molecule has 3 rings (SSSR count). The van der Waals surface area contributed by atoms with Crippen LogP contribution in [0.3, 0.4) is 0 Å². The first-order valence-electron chi connectivity index (χ1n) is 8.45. The van der Waals surface area contributed by atoms with Crippen LogP contribution in [0.4, 0.5) is 5.69 Å². The van der Waals surface area contributed by atoms with E-state index in [9.17, 15) is 9.59 Å². The largest absolute Gasteiger partial charge is 0.497 e. The van der Waals surface area contributed by atoms with E-state index in [2.05, 4.69) is 15.6 Å². The van der Waals surface area contributed by atoms with Crippen molar-refractivity contribution in [1.82, 2.24) is 10.3 Å².